The molecule has 0 spiro atoms. The van der Waals surface area contributed by atoms with E-state index < -0.39 is 55.7 Å². The summed E-state index contributed by atoms with van der Waals surface area (Å²) in [4.78, 5) is 46.1. The van der Waals surface area contributed by atoms with Crippen LogP contribution in [0, 0.1) is 0 Å². The van der Waals surface area contributed by atoms with Crippen LogP contribution in [0.25, 0.3) is 10.9 Å². The maximum absolute atomic E-state index is 14.3. The maximum Gasteiger partial charge on any atom is 0.416 e. The Bertz CT molecular complexity index is 1820. The zero-order valence-electron chi connectivity index (χ0n) is 22.4. The molecule has 10 nitrogen and oxygen atoms in total. The number of hydrogen-bond acceptors (Lipinski definition) is 7. The molecule has 2 aromatic carbocycles. The zero-order valence-corrected chi connectivity index (χ0v) is 24.8. The molecular weight excluding hydrogens is 622 g/mol. The van der Waals surface area contributed by atoms with Gasteiger partial charge in [-0.05, 0) is 48.9 Å². The van der Waals surface area contributed by atoms with Gasteiger partial charge in [0.15, 0.2) is 9.84 Å². The highest BCUT2D eigenvalue weighted by molar-refractivity contribution is 7.91. The summed E-state index contributed by atoms with van der Waals surface area (Å²) in [6.07, 6.45) is -4.53. The second kappa shape index (κ2) is 12.3. The number of aromatic nitrogens is 2. The quantitative estimate of drug-likeness (QED) is 0.383. The number of likely N-dealkylation sites (N-methyl/N-ethyl adjacent to an activating group) is 1. The Morgan fingerprint density at radius 1 is 1.17 bits per heavy atom. The van der Waals surface area contributed by atoms with Crippen LogP contribution in [0.4, 0.5) is 13.2 Å². The number of nitrogens with one attached hydrogen (secondary N) is 2. The number of amides is 1. The topological polar surface area (TPSA) is 134 Å². The van der Waals surface area contributed by atoms with Gasteiger partial charge in [-0.15, -0.1) is 0 Å². The second-order valence-electron chi connectivity index (χ2n) is 9.68. The molecule has 1 aliphatic heterocycles. The standard InChI is InChI=1S/C26H26Cl2F3N5O5S/c1-3-42(40,41)20-5-4-15(27)8-14(20)11-36-24(38)17-9-19(26(29,30)31)18(22(28)23(17)34-25(36)39)13-35-7-6-16(12-35)33-21(37)10-32-2/h4-5,8-9,32H,3,6-7,10-13H2,1-2H3,(H,34,39). The van der Waals surface area contributed by atoms with Gasteiger partial charge in [0, 0.05) is 30.4 Å². The van der Waals surface area contributed by atoms with E-state index in [9.17, 15) is 36.0 Å². The molecule has 4 rings (SSSR count). The average molecular weight is 648 g/mol. The Morgan fingerprint density at radius 2 is 1.88 bits per heavy atom. The molecule has 2 N–H and O–H groups in total. The van der Waals surface area contributed by atoms with Crippen molar-refractivity contribution in [3.05, 3.63) is 71.8 Å². The van der Waals surface area contributed by atoms with Crippen LogP contribution in [0.15, 0.2) is 43.7 Å². The predicted octanol–water partition coefficient (Wildman–Crippen LogP) is 3.25. The van der Waals surface area contributed by atoms with Crippen molar-refractivity contribution in [2.45, 2.75) is 37.5 Å². The van der Waals surface area contributed by atoms with Gasteiger partial charge in [-0.2, -0.15) is 13.2 Å². The Labute approximate surface area is 248 Å². The van der Waals surface area contributed by atoms with E-state index in [1.807, 2.05) is 0 Å². The number of fused-ring (bicyclic) bond motifs is 1. The van der Waals surface area contributed by atoms with E-state index in [1.165, 1.54) is 25.1 Å². The van der Waals surface area contributed by atoms with Crippen molar-refractivity contribution in [3.63, 3.8) is 0 Å². The summed E-state index contributed by atoms with van der Waals surface area (Å²) in [5.74, 6) is -0.672. The smallest absolute Gasteiger partial charge is 0.311 e. The van der Waals surface area contributed by atoms with Crippen LogP contribution in [0.2, 0.25) is 10.0 Å². The molecule has 0 saturated carbocycles. The van der Waals surface area contributed by atoms with Crippen LogP contribution in [-0.2, 0) is 33.9 Å². The number of carbonyl (C=O) groups excluding carboxylic acids is 1. The number of nitrogens with zero attached hydrogens (tertiary/aromatic N) is 3. The minimum atomic E-state index is -4.91. The number of carbonyl (C=O) groups is 1. The number of sulfone groups is 1. The van der Waals surface area contributed by atoms with Crippen molar-refractivity contribution in [2.24, 2.45) is 4.99 Å². The molecule has 0 atom stereocenters. The zero-order chi connectivity index (χ0) is 31.0. The van der Waals surface area contributed by atoms with Gasteiger partial charge in [-0.3, -0.25) is 19.1 Å². The first-order chi connectivity index (χ1) is 19.7. The summed E-state index contributed by atoms with van der Waals surface area (Å²) in [5, 5.41) is 1.87. The number of rotatable bonds is 8. The lowest BCUT2D eigenvalue weighted by molar-refractivity contribution is -0.138. The number of aromatic amines is 1. The molecule has 1 saturated heterocycles. The molecule has 3 aromatic rings. The molecule has 1 aromatic heterocycles. The Balaban J connectivity index is 1.81. The summed E-state index contributed by atoms with van der Waals surface area (Å²) < 4.78 is 68.6. The molecule has 1 amide bonds. The summed E-state index contributed by atoms with van der Waals surface area (Å²) >= 11 is 12.5. The van der Waals surface area contributed by atoms with E-state index in [-0.39, 0.29) is 51.9 Å². The molecule has 1 aliphatic rings. The van der Waals surface area contributed by atoms with Gasteiger partial charge in [0.25, 0.3) is 11.5 Å². The van der Waals surface area contributed by atoms with Gasteiger partial charge in [0.2, 0.25) is 0 Å². The summed E-state index contributed by atoms with van der Waals surface area (Å²) in [6.45, 7) is 1.05. The fraction of sp³-hybridized carbons (Fsp3) is 0.385. The van der Waals surface area contributed by atoms with E-state index in [4.69, 9.17) is 23.2 Å². The van der Waals surface area contributed by atoms with Gasteiger partial charge < -0.3 is 10.3 Å². The van der Waals surface area contributed by atoms with E-state index >= 15 is 0 Å². The Kier molecular flexibility index (Phi) is 9.33. The number of H-pyrrole nitrogens is 1. The fourth-order valence-electron chi connectivity index (χ4n) is 4.77. The van der Waals surface area contributed by atoms with Crippen molar-refractivity contribution in [1.82, 2.24) is 19.8 Å². The molecule has 0 radical (unpaired) electrons. The van der Waals surface area contributed by atoms with E-state index in [2.05, 4.69) is 15.3 Å². The molecule has 0 unspecified atom stereocenters. The number of halogens is 5. The molecule has 42 heavy (non-hydrogen) atoms. The first-order valence-electron chi connectivity index (χ1n) is 12.7. The van der Waals surface area contributed by atoms with Crippen LogP contribution in [-0.4, -0.2) is 66.9 Å². The number of hydrogen-bond donors (Lipinski definition) is 2. The lowest BCUT2D eigenvalue weighted by Gasteiger charge is -2.21. The van der Waals surface area contributed by atoms with E-state index in [1.54, 1.807) is 11.9 Å². The lowest BCUT2D eigenvalue weighted by Crippen LogP contribution is -2.36. The third-order valence-electron chi connectivity index (χ3n) is 6.81. The van der Waals surface area contributed by atoms with E-state index in [0.29, 0.717) is 29.3 Å². The highest BCUT2D eigenvalue weighted by Crippen LogP contribution is 2.39. The van der Waals surface area contributed by atoms with Gasteiger partial charge in [0.1, 0.15) is 0 Å². The van der Waals surface area contributed by atoms with Crippen LogP contribution in [0.1, 0.15) is 30.0 Å². The largest absolute Gasteiger partial charge is 0.416 e. The Morgan fingerprint density at radius 3 is 2.52 bits per heavy atom. The van der Waals surface area contributed by atoms with Crippen molar-refractivity contribution < 1.29 is 26.4 Å². The van der Waals surface area contributed by atoms with Crippen LogP contribution in [0.3, 0.4) is 0 Å². The van der Waals surface area contributed by atoms with Crippen molar-refractivity contribution in [2.75, 3.05) is 32.4 Å². The predicted molar refractivity (Wildman–Crippen MR) is 153 cm³/mol. The SMILES string of the molecule is CCS(=O)(=O)c1ccc(Cl)cc1Cn1c(=O)[nH]c2c(Cl)c(CN3CCC(=NC(=O)CNC)C3)c(C(F)(F)F)cc2c1=O. The molecule has 0 bridgehead atoms. The molecule has 1 fully saturated rings. The van der Waals surface area contributed by atoms with Gasteiger partial charge in [-0.1, -0.05) is 30.1 Å². The van der Waals surface area contributed by atoms with Crippen LogP contribution in [0.5, 0.6) is 0 Å². The second-order valence-corrected chi connectivity index (χ2v) is 12.7. The first kappa shape index (κ1) is 31.9. The number of aliphatic imine (C=N–C) groups is 1. The normalized spacial score (nSPS) is 15.6. The summed E-state index contributed by atoms with van der Waals surface area (Å²) in [5.41, 5.74) is -3.35. The molecule has 16 heteroatoms. The Hall–Kier alpha value is -3.04. The van der Waals surface area contributed by atoms with Crippen molar-refractivity contribution in [3.8, 4) is 0 Å². The molecule has 2 heterocycles. The van der Waals surface area contributed by atoms with Gasteiger partial charge >= 0.3 is 11.9 Å². The minimum Gasteiger partial charge on any atom is -0.311 e. The monoisotopic (exact) mass is 647 g/mol. The van der Waals surface area contributed by atoms with E-state index in [0.717, 1.165) is 0 Å². The fourth-order valence-corrected chi connectivity index (χ4v) is 6.38. The number of likely N-dealkylation sites (tertiary alicyclic amines) is 1. The van der Waals surface area contributed by atoms with Crippen LogP contribution < -0.4 is 16.6 Å². The highest BCUT2D eigenvalue weighted by Gasteiger charge is 2.37. The summed E-state index contributed by atoms with van der Waals surface area (Å²) in [6, 6.07) is 4.49. The molecule has 226 valence electrons. The maximum atomic E-state index is 14.3. The van der Waals surface area contributed by atoms with Crippen molar-refractivity contribution in [1.29, 1.82) is 0 Å². The average Bonchev–Trinajstić information content (AvgIpc) is 3.34. The van der Waals surface area contributed by atoms with Gasteiger partial charge in [-0.25, -0.2) is 18.2 Å². The third-order valence-corrected chi connectivity index (χ3v) is 9.29. The van der Waals surface area contributed by atoms with Crippen molar-refractivity contribution >= 4 is 55.6 Å². The molecular formula is C26H26Cl2F3N5O5S. The summed E-state index contributed by atoms with van der Waals surface area (Å²) in [7, 11) is -2.20. The lowest BCUT2D eigenvalue weighted by atomic mass is 10.0. The van der Waals surface area contributed by atoms with Gasteiger partial charge in [0.05, 0.1) is 45.2 Å². The third kappa shape index (κ3) is 6.62. The number of alkyl halides is 3. The number of benzene rings is 2. The van der Waals surface area contributed by atoms with Crippen LogP contribution >= 0.6 is 23.2 Å². The molecule has 0 aliphatic carbocycles. The minimum absolute atomic E-state index is 0.0229. The highest BCUT2D eigenvalue weighted by atomic mass is 35.5. The first-order valence-corrected chi connectivity index (χ1v) is 15.1.